The second-order valence-corrected chi connectivity index (χ2v) is 4.61. The van der Waals surface area contributed by atoms with Gasteiger partial charge in [0.15, 0.2) is 0 Å². The molecular weight excluding hydrogens is 222 g/mol. The van der Waals surface area contributed by atoms with Gasteiger partial charge >= 0.3 is 5.97 Å². The molecule has 1 fully saturated rings. The number of carbonyl (C=O) groups is 2. The number of nitrogens with zero attached hydrogens (tertiary/aromatic N) is 3. The number of carbonyl (C=O) groups excluding carboxylic acids is 1. The molecule has 1 rings (SSSR count). The van der Waals surface area contributed by atoms with Crippen LogP contribution in [0.5, 0.6) is 0 Å². The Morgan fingerprint density at radius 1 is 1.29 bits per heavy atom. The molecule has 1 saturated heterocycles. The highest BCUT2D eigenvalue weighted by molar-refractivity contribution is 5.80. The SMILES string of the molecule is CC(C(=O)O)N(C)CC(=O)N1CCN(C)CC1. The fourth-order valence-electron chi connectivity index (χ4n) is 1.69. The summed E-state index contributed by atoms with van der Waals surface area (Å²) in [5.41, 5.74) is 0. The molecule has 0 radical (unpaired) electrons. The van der Waals surface area contributed by atoms with Gasteiger partial charge in [0, 0.05) is 26.2 Å². The smallest absolute Gasteiger partial charge is 0.320 e. The number of aliphatic carboxylic acids is 1. The van der Waals surface area contributed by atoms with E-state index in [4.69, 9.17) is 5.11 Å². The van der Waals surface area contributed by atoms with Crippen molar-refractivity contribution in [2.24, 2.45) is 0 Å². The number of likely N-dealkylation sites (N-methyl/N-ethyl adjacent to an activating group) is 2. The van der Waals surface area contributed by atoms with Gasteiger partial charge in [0.1, 0.15) is 6.04 Å². The van der Waals surface area contributed by atoms with E-state index in [1.54, 1.807) is 23.8 Å². The third-order valence-corrected chi connectivity index (χ3v) is 3.26. The van der Waals surface area contributed by atoms with Crippen LogP contribution in [-0.2, 0) is 9.59 Å². The first-order valence-corrected chi connectivity index (χ1v) is 5.81. The van der Waals surface area contributed by atoms with Crippen molar-refractivity contribution in [2.45, 2.75) is 13.0 Å². The molecule has 1 N–H and O–H groups in total. The van der Waals surface area contributed by atoms with E-state index in [1.165, 1.54) is 0 Å². The molecule has 98 valence electrons. The molecule has 1 aliphatic rings. The van der Waals surface area contributed by atoms with Crippen LogP contribution in [0.1, 0.15) is 6.92 Å². The molecule has 0 aromatic carbocycles. The van der Waals surface area contributed by atoms with Gasteiger partial charge in [0.05, 0.1) is 6.54 Å². The molecule has 1 atom stereocenters. The molecule has 1 heterocycles. The minimum atomic E-state index is -0.904. The van der Waals surface area contributed by atoms with Crippen molar-refractivity contribution in [3.05, 3.63) is 0 Å². The summed E-state index contributed by atoms with van der Waals surface area (Å²) in [4.78, 5) is 28.2. The fourth-order valence-corrected chi connectivity index (χ4v) is 1.69. The number of hydrogen-bond acceptors (Lipinski definition) is 4. The minimum absolute atomic E-state index is 0.00806. The lowest BCUT2D eigenvalue weighted by atomic mass is 10.2. The molecule has 17 heavy (non-hydrogen) atoms. The first-order valence-electron chi connectivity index (χ1n) is 5.81. The van der Waals surface area contributed by atoms with E-state index in [2.05, 4.69) is 4.90 Å². The Morgan fingerprint density at radius 3 is 2.29 bits per heavy atom. The molecule has 0 spiro atoms. The highest BCUT2D eigenvalue weighted by Crippen LogP contribution is 2.02. The van der Waals surface area contributed by atoms with Crippen molar-refractivity contribution in [1.29, 1.82) is 0 Å². The van der Waals surface area contributed by atoms with E-state index in [0.717, 1.165) is 26.2 Å². The molecule has 0 saturated carbocycles. The summed E-state index contributed by atoms with van der Waals surface area (Å²) < 4.78 is 0. The van der Waals surface area contributed by atoms with Crippen LogP contribution in [0.3, 0.4) is 0 Å². The van der Waals surface area contributed by atoms with Crippen molar-refractivity contribution < 1.29 is 14.7 Å². The Morgan fingerprint density at radius 2 is 1.82 bits per heavy atom. The molecule has 1 amide bonds. The summed E-state index contributed by atoms with van der Waals surface area (Å²) in [5, 5.41) is 8.84. The first kappa shape index (κ1) is 13.9. The molecule has 0 aromatic rings. The Kier molecular flexibility index (Phi) is 4.89. The van der Waals surface area contributed by atoms with Crippen molar-refractivity contribution in [1.82, 2.24) is 14.7 Å². The molecular formula is C11H21N3O3. The van der Waals surface area contributed by atoms with Gasteiger partial charge in [-0.2, -0.15) is 0 Å². The standard InChI is InChI=1S/C11H21N3O3/c1-9(11(16)17)13(3)8-10(15)14-6-4-12(2)5-7-14/h9H,4-8H2,1-3H3,(H,16,17). The molecule has 0 bridgehead atoms. The molecule has 6 nitrogen and oxygen atoms in total. The number of amides is 1. The predicted octanol–water partition coefficient (Wildman–Crippen LogP) is -0.835. The summed E-state index contributed by atoms with van der Waals surface area (Å²) in [7, 11) is 3.69. The Balaban J connectivity index is 2.41. The minimum Gasteiger partial charge on any atom is -0.480 e. The van der Waals surface area contributed by atoms with E-state index in [-0.39, 0.29) is 12.5 Å². The molecule has 6 heteroatoms. The van der Waals surface area contributed by atoms with Gasteiger partial charge < -0.3 is 14.9 Å². The van der Waals surface area contributed by atoms with E-state index in [9.17, 15) is 9.59 Å². The average Bonchev–Trinajstić information content (AvgIpc) is 2.28. The van der Waals surface area contributed by atoms with Crippen LogP contribution in [-0.4, -0.2) is 84.5 Å². The number of carboxylic acid groups (broad SMARTS) is 1. The maximum atomic E-state index is 11.9. The normalized spacial score (nSPS) is 19.4. The van der Waals surface area contributed by atoms with Gasteiger partial charge in [0.25, 0.3) is 0 Å². The summed E-state index contributed by atoms with van der Waals surface area (Å²) in [6.45, 7) is 4.96. The Hall–Kier alpha value is -1.14. The second kappa shape index (κ2) is 5.97. The van der Waals surface area contributed by atoms with Gasteiger partial charge in [-0.1, -0.05) is 0 Å². The van der Waals surface area contributed by atoms with Crippen LogP contribution in [0.15, 0.2) is 0 Å². The fraction of sp³-hybridized carbons (Fsp3) is 0.818. The van der Waals surface area contributed by atoms with Crippen molar-refractivity contribution >= 4 is 11.9 Å². The Labute approximate surface area is 102 Å². The Bertz CT molecular complexity index is 288. The van der Waals surface area contributed by atoms with Crippen LogP contribution in [0.2, 0.25) is 0 Å². The topological polar surface area (TPSA) is 64.1 Å². The van der Waals surface area contributed by atoms with Crippen molar-refractivity contribution in [3.63, 3.8) is 0 Å². The number of hydrogen-bond donors (Lipinski definition) is 1. The summed E-state index contributed by atoms with van der Waals surface area (Å²) >= 11 is 0. The molecule has 0 aromatic heterocycles. The second-order valence-electron chi connectivity index (χ2n) is 4.61. The van der Waals surface area contributed by atoms with Gasteiger partial charge in [-0.05, 0) is 21.0 Å². The lowest BCUT2D eigenvalue weighted by Gasteiger charge is -2.33. The lowest BCUT2D eigenvalue weighted by Crippen LogP contribution is -2.51. The lowest BCUT2D eigenvalue weighted by molar-refractivity contribution is -0.143. The van der Waals surface area contributed by atoms with E-state index in [1.807, 2.05) is 7.05 Å². The summed E-state index contributed by atoms with van der Waals surface area (Å²) in [6.07, 6.45) is 0. The molecule has 1 aliphatic heterocycles. The van der Waals surface area contributed by atoms with Crippen LogP contribution in [0.4, 0.5) is 0 Å². The summed E-state index contributed by atoms with van der Waals surface area (Å²) in [5.74, 6) is -0.896. The number of carboxylic acids is 1. The summed E-state index contributed by atoms with van der Waals surface area (Å²) in [6, 6.07) is -0.633. The zero-order valence-electron chi connectivity index (χ0n) is 10.7. The molecule has 0 aliphatic carbocycles. The largest absolute Gasteiger partial charge is 0.480 e. The predicted molar refractivity (Wildman–Crippen MR) is 63.8 cm³/mol. The van der Waals surface area contributed by atoms with Gasteiger partial charge in [0.2, 0.25) is 5.91 Å². The van der Waals surface area contributed by atoms with Crippen molar-refractivity contribution in [3.8, 4) is 0 Å². The maximum absolute atomic E-state index is 11.9. The average molecular weight is 243 g/mol. The highest BCUT2D eigenvalue weighted by atomic mass is 16.4. The maximum Gasteiger partial charge on any atom is 0.320 e. The van der Waals surface area contributed by atoms with Gasteiger partial charge in [-0.25, -0.2) is 0 Å². The monoisotopic (exact) mass is 243 g/mol. The third-order valence-electron chi connectivity index (χ3n) is 3.26. The number of rotatable bonds is 4. The third kappa shape index (κ3) is 3.98. The molecule has 1 unspecified atom stereocenters. The first-order chi connectivity index (χ1) is 7.91. The van der Waals surface area contributed by atoms with Crippen LogP contribution in [0.25, 0.3) is 0 Å². The van der Waals surface area contributed by atoms with Crippen LogP contribution >= 0.6 is 0 Å². The van der Waals surface area contributed by atoms with Crippen LogP contribution < -0.4 is 0 Å². The van der Waals surface area contributed by atoms with Gasteiger partial charge in [-0.15, -0.1) is 0 Å². The van der Waals surface area contributed by atoms with E-state index in [0.29, 0.717) is 0 Å². The number of piperazine rings is 1. The zero-order valence-corrected chi connectivity index (χ0v) is 10.7. The highest BCUT2D eigenvalue weighted by Gasteiger charge is 2.23. The quantitative estimate of drug-likeness (QED) is 0.698. The van der Waals surface area contributed by atoms with Gasteiger partial charge in [-0.3, -0.25) is 14.5 Å². The van der Waals surface area contributed by atoms with E-state index >= 15 is 0 Å². The van der Waals surface area contributed by atoms with Crippen LogP contribution in [0, 0.1) is 0 Å². The zero-order chi connectivity index (χ0) is 13.0. The van der Waals surface area contributed by atoms with Crippen molar-refractivity contribution in [2.75, 3.05) is 46.8 Å². The van der Waals surface area contributed by atoms with E-state index < -0.39 is 12.0 Å².